The Bertz CT molecular complexity index is 1550. The van der Waals surface area contributed by atoms with E-state index in [2.05, 4.69) is 183 Å². The average molecular weight is 747 g/mol. The van der Waals surface area contributed by atoms with E-state index in [0.717, 1.165) is 0 Å². The maximum absolute atomic E-state index is 3.09. The molecule has 1 aliphatic rings. The van der Waals surface area contributed by atoms with Gasteiger partial charge in [0.05, 0.1) is 0 Å². The number of aryl methyl sites for hydroxylation is 6. The molecule has 0 aliphatic heterocycles. The van der Waals surface area contributed by atoms with Crippen molar-refractivity contribution in [2.24, 2.45) is 0 Å². The summed E-state index contributed by atoms with van der Waals surface area (Å²) in [4.78, 5) is 7.14. The van der Waals surface area contributed by atoms with Crippen LogP contribution in [0.5, 0.6) is 0 Å². The second-order valence-corrected chi connectivity index (χ2v) is 19.0. The number of halogens is 3. The van der Waals surface area contributed by atoms with Gasteiger partial charge in [-0.1, -0.05) is 0 Å². The van der Waals surface area contributed by atoms with E-state index in [1.807, 2.05) is 0 Å². The first kappa shape index (κ1) is 43.4. The second kappa shape index (κ2) is 15.5. The third-order valence-corrected chi connectivity index (χ3v) is 18.5. The number of hydrogen-bond donors (Lipinski definition) is 0. The SMILES string of the molecule is CC1=C(C)C(C)([Si](c2c(C)cc(C)cc2N(C)C)(c2c(C)cc(C)cc2N(C)C)c2c(C)cc(C)cc2N(C)C)[C]([Ti+3])=C1C.[Cl-].[Cl-].[Cl-]. The number of nitrogens with zero attached hydrogens (tertiary/aromatic N) is 3. The van der Waals surface area contributed by atoms with Gasteiger partial charge in [0.1, 0.15) is 0 Å². The zero-order chi connectivity index (χ0) is 33.2. The molecule has 0 N–H and O–H groups in total. The molecule has 0 saturated heterocycles. The molecule has 47 heavy (non-hydrogen) atoms. The van der Waals surface area contributed by atoms with Crippen molar-refractivity contribution in [1.82, 2.24) is 0 Å². The van der Waals surface area contributed by atoms with Gasteiger partial charge in [-0.2, -0.15) is 0 Å². The van der Waals surface area contributed by atoms with Crippen molar-refractivity contribution in [2.75, 3.05) is 57.0 Å². The van der Waals surface area contributed by atoms with Gasteiger partial charge in [-0.25, -0.2) is 0 Å². The van der Waals surface area contributed by atoms with Crippen molar-refractivity contribution >= 4 is 40.7 Å². The van der Waals surface area contributed by atoms with Crippen molar-refractivity contribution in [2.45, 2.75) is 74.3 Å². The number of benzene rings is 3. The molecule has 0 amide bonds. The molecule has 254 valence electrons. The van der Waals surface area contributed by atoms with Crippen LogP contribution in [0.4, 0.5) is 17.1 Å². The molecule has 0 spiro atoms. The first-order chi connectivity index (χ1) is 20.3. The maximum atomic E-state index is 2.61. The summed E-state index contributed by atoms with van der Waals surface area (Å²) in [7, 11) is 10.3. The van der Waals surface area contributed by atoms with Crippen molar-refractivity contribution in [3.8, 4) is 0 Å². The first-order valence-electron chi connectivity index (χ1n) is 15.8. The van der Waals surface area contributed by atoms with Crippen molar-refractivity contribution < 1.29 is 57.7 Å². The second-order valence-electron chi connectivity index (χ2n) is 14.2. The summed E-state index contributed by atoms with van der Waals surface area (Å²) in [6, 6.07) is 14.7. The fraction of sp³-hybridized carbons (Fsp3) is 0.436. The predicted molar refractivity (Wildman–Crippen MR) is 195 cm³/mol. The molecule has 0 aromatic heterocycles. The van der Waals surface area contributed by atoms with Crippen LogP contribution in [0.3, 0.4) is 0 Å². The van der Waals surface area contributed by atoms with E-state index in [4.69, 9.17) is 0 Å². The zero-order valence-electron chi connectivity index (χ0n) is 31.4. The van der Waals surface area contributed by atoms with E-state index in [1.165, 1.54) is 86.6 Å². The van der Waals surface area contributed by atoms with Gasteiger partial charge in [0.15, 0.2) is 0 Å². The van der Waals surface area contributed by atoms with E-state index in [1.54, 1.807) is 0 Å². The van der Waals surface area contributed by atoms with Gasteiger partial charge in [-0.15, -0.1) is 0 Å². The van der Waals surface area contributed by atoms with Crippen LogP contribution in [0.15, 0.2) is 57.0 Å². The molecular weight excluding hydrogens is 693 g/mol. The molecule has 1 aliphatic carbocycles. The summed E-state index contributed by atoms with van der Waals surface area (Å²) in [6.07, 6.45) is 0. The molecular formula is C39H54Cl3N3SiTi. The van der Waals surface area contributed by atoms with Gasteiger partial charge in [0.25, 0.3) is 0 Å². The summed E-state index contributed by atoms with van der Waals surface area (Å²) in [5.41, 5.74) is 16.5. The molecule has 3 aromatic rings. The van der Waals surface area contributed by atoms with Gasteiger partial charge >= 0.3 is 283 Å². The maximum Gasteiger partial charge on any atom is -1.00 e. The number of hydrogen-bond acceptors (Lipinski definition) is 3. The van der Waals surface area contributed by atoms with Crippen LogP contribution in [0, 0.1) is 41.5 Å². The van der Waals surface area contributed by atoms with E-state index in [-0.39, 0.29) is 42.3 Å². The average Bonchev–Trinajstić information content (AvgIpc) is 3.06. The van der Waals surface area contributed by atoms with Gasteiger partial charge in [-0.05, 0) is 0 Å². The van der Waals surface area contributed by atoms with E-state index < -0.39 is 8.07 Å². The van der Waals surface area contributed by atoms with E-state index >= 15 is 0 Å². The standard InChI is InChI=1S/C39H54N3Si.3ClH.Ti/c1-24-17-27(4)36(33(20-24)40(11)12)43(39(10)23-30(7)31(8)32(39)9,37-28(5)18-25(2)21-34(37)41(13)14)38-29(6)19-26(3)22-35(38)42(15)16;;;;/h17-22H,1-16H3;3*1H;/q;;;;+3/p-3. The summed E-state index contributed by atoms with van der Waals surface area (Å²) in [5.74, 6) is 0. The molecule has 0 saturated carbocycles. The minimum Gasteiger partial charge on any atom is -1.00 e. The largest absolute Gasteiger partial charge is 1.00 e. The molecule has 3 aromatic carbocycles. The van der Waals surface area contributed by atoms with Gasteiger partial charge in [-0.3, -0.25) is 0 Å². The van der Waals surface area contributed by atoms with Crippen LogP contribution in [0.1, 0.15) is 61.1 Å². The fourth-order valence-corrected chi connectivity index (χ4v) is 17.4. The van der Waals surface area contributed by atoms with Crippen LogP contribution in [0.25, 0.3) is 0 Å². The molecule has 0 radical (unpaired) electrons. The smallest absolute Gasteiger partial charge is 1.00 e. The Morgan fingerprint density at radius 1 is 0.489 bits per heavy atom. The Labute approximate surface area is 317 Å². The molecule has 0 fully saturated rings. The predicted octanol–water partition coefficient (Wildman–Crippen LogP) is -1.85. The summed E-state index contributed by atoms with van der Waals surface area (Å²) in [5, 5.41) is 4.37. The first-order valence-corrected chi connectivity index (χ1v) is 18.6. The molecule has 0 bridgehead atoms. The van der Waals surface area contributed by atoms with Gasteiger partial charge in [0.2, 0.25) is 0 Å². The number of anilines is 3. The number of allylic oxidation sites excluding steroid dienone is 4. The Hall–Kier alpha value is -1.66. The van der Waals surface area contributed by atoms with Crippen LogP contribution < -0.4 is 67.5 Å². The van der Waals surface area contributed by atoms with Crippen molar-refractivity contribution in [3.05, 3.63) is 90.4 Å². The van der Waals surface area contributed by atoms with Crippen LogP contribution >= 0.6 is 0 Å². The molecule has 8 heteroatoms. The minimum absolute atomic E-state index is 0. The van der Waals surface area contributed by atoms with E-state index in [9.17, 15) is 0 Å². The van der Waals surface area contributed by atoms with Crippen LogP contribution in [-0.2, 0) is 20.4 Å². The van der Waals surface area contributed by atoms with Crippen molar-refractivity contribution in [3.63, 3.8) is 0 Å². The van der Waals surface area contributed by atoms with Gasteiger partial charge in [0, 0.05) is 0 Å². The molecule has 1 atom stereocenters. The monoisotopic (exact) mass is 745 g/mol. The van der Waals surface area contributed by atoms with Crippen LogP contribution in [0.2, 0.25) is 5.04 Å². The van der Waals surface area contributed by atoms with Crippen LogP contribution in [-0.4, -0.2) is 50.4 Å². The number of rotatable bonds is 7. The fourth-order valence-electron chi connectivity index (χ4n) is 8.36. The van der Waals surface area contributed by atoms with E-state index in [0.29, 0.717) is 0 Å². The third-order valence-electron chi connectivity index (χ3n) is 10.4. The zero-order valence-corrected chi connectivity index (χ0v) is 36.3. The quantitative estimate of drug-likeness (QED) is 0.208. The topological polar surface area (TPSA) is 9.72 Å². The molecule has 0 heterocycles. The third kappa shape index (κ3) is 6.65. The molecule has 3 nitrogen and oxygen atoms in total. The van der Waals surface area contributed by atoms with Gasteiger partial charge < -0.3 is 37.2 Å². The molecule has 4 rings (SSSR count). The Balaban J connectivity index is 0.00000368. The minimum atomic E-state index is -3.09. The van der Waals surface area contributed by atoms with Crippen molar-refractivity contribution in [1.29, 1.82) is 0 Å². The molecule has 1 unspecified atom stereocenters. The Morgan fingerprint density at radius 3 is 0.979 bits per heavy atom. The Kier molecular flexibility index (Phi) is 14.3. The summed E-state index contributed by atoms with van der Waals surface area (Å²) in [6.45, 7) is 23.7. The normalized spacial score (nSPS) is 16.0. The summed E-state index contributed by atoms with van der Waals surface area (Å²) >= 11 is 2.44. The Morgan fingerprint density at radius 2 is 0.766 bits per heavy atom. The summed E-state index contributed by atoms with van der Waals surface area (Å²) < 4.78 is 1.51.